The van der Waals surface area contributed by atoms with Crippen LogP contribution in [-0.4, -0.2) is 81.0 Å². The van der Waals surface area contributed by atoms with Gasteiger partial charge in [0.1, 0.15) is 11.7 Å². The molecule has 5 fully saturated rings. The molecule has 6 aliphatic rings. The number of aliphatic hydroxyl groups is 1. The van der Waals surface area contributed by atoms with E-state index >= 15 is 0 Å². The molecule has 4 aliphatic carbocycles. The summed E-state index contributed by atoms with van der Waals surface area (Å²) in [5.41, 5.74) is 2.11. The smallest absolute Gasteiger partial charge is 0.273 e. The number of nitrogens with zero attached hydrogens (tertiary/aromatic N) is 4. The van der Waals surface area contributed by atoms with Crippen molar-refractivity contribution in [2.24, 2.45) is 40.4 Å². The highest BCUT2D eigenvalue weighted by Crippen LogP contribution is 2.68. The molecule has 7 nitrogen and oxygen atoms in total. The summed E-state index contributed by atoms with van der Waals surface area (Å²) in [6.07, 6.45) is 14.2. The number of allylic oxidation sites excluding steroid dienone is 2. The lowest BCUT2D eigenvalue weighted by atomic mass is 9.45. The van der Waals surface area contributed by atoms with E-state index in [1.54, 1.807) is 11.0 Å². The first-order chi connectivity index (χ1) is 23.1. The second-order valence-corrected chi connectivity index (χ2v) is 16.7. The van der Waals surface area contributed by atoms with Crippen molar-refractivity contribution < 1.29 is 14.7 Å². The minimum Gasteiger partial charge on any atom is -0.385 e. The largest absolute Gasteiger partial charge is 0.385 e. The lowest BCUT2D eigenvalue weighted by Crippen LogP contribution is -2.57. The number of piperazine rings is 1. The molecule has 256 valence electrons. The van der Waals surface area contributed by atoms with Crippen molar-refractivity contribution in [3.63, 3.8) is 0 Å². The maximum atomic E-state index is 13.9. The molecule has 0 bridgehead atoms. The van der Waals surface area contributed by atoms with Gasteiger partial charge in [0, 0.05) is 49.2 Å². The quantitative estimate of drug-likeness (QED) is 0.374. The van der Waals surface area contributed by atoms with Crippen LogP contribution in [-0.2, 0) is 4.79 Å². The van der Waals surface area contributed by atoms with Crippen molar-refractivity contribution in [3.05, 3.63) is 66.5 Å². The Morgan fingerprint density at radius 1 is 0.938 bits per heavy atom. The van der Waals surface area contributed by atoms with Gasteiger partial charge in [-0.2, -0.15) is 0 Å². The predicted octanol–water partition coefficient (Wildman–Crippen LogP) is 6.68. The molecule has 1 N–H and O–H groups in total. The number of para-hydroxylation sites is 1. The molecular weight excluding hydrogens is 596 g/mol. The average molecular weight is 651 g/mol. The molecule has 0 radical (unpaired) electrons. The number of rotatable bonds is 4. The molecule has 9 atom stereocenters. The van der Waals surface area contributed by atoms with Crippen LogP contribution in [0, 0.1) is 40.4 Å². The number of benzene rings is 1. The fraction of sp³-hybridized carbons (Fsp3) is 0.634. The Bertz CT molecular complexity index is 1650. The predicted molar refractivity (Wildman–Crippen MR) is 189 cm³/mol. The van der Waals surface area contributed by atoms with Crippen molar-refractivity contribution in [1.29, 1.82) is 0 Å². The summed E-state index contributed by atoms with van der Waals surface area (Å²) in [5.74, 6) is 3.09. The summed E-state index contributed by atoms with van der Waals surface area (Å²) in [6, 6.07) is 11.2. The number of hydrogen-bond acceptors (Lipinski definition) is 5. The minimum atomic E-state index is -0.726. The Morgan fingerprint density at radius 2 is 1.71 bits per heavy atom. The number of pyridine rings is 1. The monoisotopic (exact) mass is 650 g/mol. The summed E-state index contributed by atoms with van der Waals surface area (Å²) < 4.78 is 0. The van der Waals surface area contributed by atoms with Gasteiger partial charge in [0.15, 0.2) is 0 Å². The van der Waals surface area contributed by atoms with Gasteiger partial charge < -0.3 is 19.8 Å². The number of likely N-dealkylation sites (tertiary alicyclic amines) is 1. The van der Waals surface area contributed by atoms with Crippen LogP contribution >= 0.6 is 0 Å². The van der Waals surface area contributed by atoms with Crippen LogP contribution in [0.5, 0.6) is 0 Å². The second kappa shape index (κ2) is 11.7. The molecule has 2 aromatic rings. The van der Waals surface area contributed by atoms with Gasteiger partial charge in [-0.25, -0.2) is 4.98 Å². The summed E-state index contributed by atoms with van der Waals surface area (Å²) >= 11 is 0. The molecule has 2 amide bonds. The van der Waals surface area contributed by atoms with Crippen LogP contribution in [0.25, 0.3) is 10.9 Å². The van der Waals surface area contributed by atoms with Crippen molar-refractivity contribution in [1.82, 2.24) is 19.7 Å². The number of aromatic nitrogens is 1. The SMILES string of the molecule is C=C[C@]1(O)CCC2C3CCC4CC(C)C(N5CCN(C(=O)C6CCCN6C(=O)c6ccc7ccccc7n6)CC5)=C[C@]4(C)C3CC[C@@]21C. The van der Waals surface area contributed by atoms with Gasteiger partial charge in [-0.15, -0.1) is 6.58 Å². The average Bonchev–Trinajstić information content (AvgIpc) is 3.70. The Morgan fingerprint density at radius 3 is 2.50 bits per heavy atom. The highest BCUT2D eigenvalue weighted by atomic mass is 16.3. The van der Waals surface area contributed by atoms with Gasteiger partial charge in [-0.05, 0) is 105 Å². The molecule has 8 rings (SSSR count). The summed E-state index contributed by atoms with van der Waals surface area (Å²) in [6.45, 7) is 15.1. The van der Waals surface area contributed by atoms with Crippen LogP contribution in [0.1, 0.15) is 89.0 Å². The Hall–Kier alpha value is -3.19. The third kappa shape index (κ3) is 4.80. The first-order valence-electron chi connectivity index (χ1n) is 18.9. The lowest BCUT2D eigenvalue weighted by molar-refractivity contribution is -0.137. The van der Waals surface area contributed by atoms with E-state index in [-0.39, 0.29) is 22.6 Å². The fourth-order valence-electron chi connectivity index (χ4n) is 11.9. The highest BCUT2D eigenvalue weighted by Gasteiger charge is 2.63. The van der Waals surface area contributed by atoms with Crippen LogP contribution in [0.4, 0.5) is 0 Å². The molecular formula is C41H54N4O3. The van der Waals surface area contributed by atoms with Crippen LogP contribution in [0.2, 0.25) is 0 Å². The molecule has 3 saturated carbocycles. The number of amides is 2. The van der Waals surface area contributed by atoms with Crippen LogP contribution < -0.4 is 0 Å². The number of fused-ring (bicyclic) bond motifs is 6. The summed E-state index contributed by atoms with van der Waals surface area (Å²) in [4.78, 5) is 38.6. The minimum absolute atomic E-state index is 0.0536. The number of carbonyl (C=O) groups excluding carboxylic acids is 2. The first-order valence-corrected chi connectivity index (χ1v) is 18.9. The zero-order valence-electron chi connectivity index (χ0n) is 29.2. The Balaban J connectivity index is 0.954. The molecule has 48 heavy (non-hydrogen) atoms. The highest BCUT2D eigenvalue weighted by molar-refractivity contribution is 5.98. The standard InChI is InChI=1S/C41H54N4O3/c1-5-41(48)19-17-32-30-14-13-29-25-27(2)36(26-39(29,3)31(30)16-18-40(32,41)4)43-21-23-44(24-22-43)38(47)35-11-8-20-45(35)37(46)34-15-12-28-9-6-7-10-33(28)42-34/h5-7,9-10,12,15,26-27,29-32,35,48H,1,8,11,13-14,16-25H2,2-4H3/t27?,29?,30?,31?,32?,35?,39-,40-,41-/m0/s1. The van der Waals surface area contributed by atoms with E-state index in [4.69, 9.17) is 0 Å². The number of carbonyl (C=O) groups is 2. The zero-order chi connectivity index (χ0) is 33.4. The third-order valence-electron chi connectivity index (χ3n) is 14.7. The number of hydrogen-bond donors (Lipinski definition) is 1. The van der Waals surface area contributed by atoms with Gasteiger partial charge >= 0.3 is 0 Å². The van der Waals surface area contributed by atoms with Crippen molar-refractivity contribution in [2.45, 2.75) is 90.2 Å². The van der Waals surface area contributed by atoms with Crippen molar-refractivity contribution in [3.8, 4) is 0 Å². The summed E-state index contributed by atoms with van der Waals surface area (Å²) in [5, 5.41) is 12.6. The maximum absolute atomic E-state index is 13.9. The van der Waals surface area contributed by atoms with Gasteiger partial charge in [0.25, 0.3) is 5.91 Å². The van der Waals surface area contributed by atoms with Crippen LogP contribution in [0.3, 0.4) is 0 Å². The first kappa shape index (κ1) is 32.0. The summed E-state index contributed by atoms with van der Waals surface area (Å²) in [7, 11) is 0. The van der Waals surface area contributed by atoms with E-state index in [0.717, 1.165) is 49.7 Å². The second-order valence-electron chi connectivity index (χ2n) is 16.7. The molecule has 3 heterocycles. The van der Waals surface area contributed by atoms with E-state index < -0.39 is 11.6 Å². The fourth-order valence-corrected chi connectivity index (χ4v) is 11.9. The van der Waals surface area contributed by atoms with Crippen molar-refractivity contribution >= 4 is 22.7 Å². The molecule has 1 aromatic carbocycles. The zero-order valence-corrected chi connectivity index (χ0v) is 29.2. The Kier molecular flexibility index (Phi) is 7.82. The molecule has 0 spiro atoms. The van der Waals surface area contributed by atoms with E-state index in [1.165, 1.54) is 31.4 Å². The van der Waals surface area contributed by atoms with E-state index in [2.05, 4.69) is 43.3 Å². The normalized spacial score (nSPS) is 39.4. The molecule has 2 saturated heterocycles. The molecule has 1 aromatic heterocycles. The van der Waals surface area contributed by atoms with Gasteiger partial charge in [0.2, 0.25) is 5.91 Å². The van der Waals surface area contributed by atoms with Gasteiger partial charge in [-0.1, -0.05) is 57.2 Å². The van der Waals surface area contributed by atoms with Gasteiger partial charge in [0.05, 0.1) is 11.1 Å². The van der Waals surface area contributed by atoms with E-state index in [0.29, 0.717) is 61.3 Å². The lowest BCUT2D eigenvalue weighted by Gasteiger charge is -2.61. The third-order valence-corrected chi connectivity index (χ3v) is 14.7. The van der Waals surface area contributed by atoms with Gasteiger partial charge in [-0.3, -0.25) is 9.59 Å². The van der Waals surface area contributed by atoms with E-state index in [1.807, 2.05) is 41.3 Å². The van der Waals surface area contributed by atoms with Crippen molar-refractivity contribution in [2.75, 3.05) is 32.7 Å². The molecule has 2 aliphatic heterocycles. The molecule has 7 heteroatoms. The topological polar surface area (TPSA) is 77.0 Å². The van der Waals surface area contributed by atoms with Crippen LogP contribution in [0.15, 0.2) is 60.8 Å². The molecule has 6 unspecified atom stereocenters. The Labute approximate surface area is 286 Å². The van der Waals surface area contributed by atoms with E-state index in [9.17, 15) is 14.7 Å². The maximum Gasteiger partial charge on any atom is 0.273 e.